The van der Waals surface area contributed by atoms with Gasteiger partial charge in [0.15, 0.2) is 0 Å². The molecule has 0 amide bonds. The number of hydrogen-bond donors (Lipinski definition) is 0. The summed E-state index contributed by atoms with van der Waals surface area (Å²) in [6, 6.07) is 5.97. The molecule has 1 rings (SSSR count). The number of methoxy groups -OCH3 is 1. The van der Waals surface area contributed by atoms with Crippen molar-refractivity contribution in [2.75, 3.05) is 7.11 Å². The van der Waals surface area contributed by atoms with Crippen molar-refractivity contribution in [2.45, 2.75) is 0 Å². The maximum Gasteiger partial charge on any atom is 0.329 e. The summed E-state index contributed by atoms with van der Waals surface area (Å²) in [6.07, 6.45) is 1.11. The van der Waals surface area contributed by atoms with E-state index in [1.54, 1.807) is 0 Å². The van der Waals surface area contributed by atoms with Crippen molar-refractivity contribution in [1.82, 2.24) is 0 Å². The first-order valence-corrected chi connectivity index (χ1v) is 6.19. The van der Waals surface area contributed by atoms with Gasteiger partial charge in [-0.1, -0.05) is 54.4 Å². The van der Waals surface area contributed by atoms with Crippen LogP contribution in [-0.4, -0.2) is 13.1 Å². The lowest BCUT2D eigenvalue weighted by atomic mass is 10.4. The molecule has 0 aliphatic heterocycles. The van der Waals surface area contributed by atoms with Gasteiger partial charge in [0.1, 0.15) is 0 Å². The molecule has 5 heteroatoms. The predicted molar refractivity (Wildman–Crippen MR) is 71.8 cm³/mol. The molecule has 0 heterocycles. The molecule has 0 N–H and O–H groups in total. The Morgan fingerprint density at radius 3 is 1.67 bits per heavy atom. The zero-order valence-corrected chi connectivity index (χ0v) is 12.7. The lowest BCUT2D eigenvalue weighted by molar-refractivity contribution is -0.134. The van der Waals surface area contributed by atoms with E-state index in [9.17, 15) is 4.79 Å². The van der Waals surface area contributed by atoms with Crippen molar-refractivity contribution in [3.8, 4) is 0 Å². The molecule has 0 fully saturated rings. The van der Waals surface area contributed by atoms with E-state index in [0.717, 1.165) is 19.5 Å². The van der Waals surface area contributed by atoms with Gasteiger partial charge in [-0.05, 0) is 18.2 Å². The van der Waals surface area contributed by atoms with Crippen molar-refractivity contribution in [2.24, 2.45) is 0 Å². The standard InChI is InChI=1S/C6H3Br3.C4H6O2/c7-4-1-5(8)3-6(9)2-4;1-3-4(5)6-2/h1-3H;3H,1H2,2H3. The molecular formula is C10H9Br3O2. The summed E-state index contributed by atoms with van der Waals surface area (Å²) in [6.45, 7) is 3.16. The average molecular weight is 401 g/mol. The summed E-state index contributed by atoms with van der Waals surface area (Å²) in [5.41, 5.74) is 0. The second-order valence-corrected chi connectivity index (χ2v) is 5.06. The Balaban J connectivity index is 0.000000288. The molecule has 0 atom stereocenters. The monoisotopic (exact) mass is 398 g/mol. The van der Waals surface area contributed by atoms with Gasteiger partial charge in [0.05, 0.1) is 7.11 Å². The molecule has 0 aromatic heterocycles. The average Bonchev–Trinajstić information content (AvgIpc) is 2.15. The first kappa shape index (κ1) is 14.9. The van der Waals surface area contributed by atoms with E-state index in [0.29, 0.717) is 0 Å². The van der Waals surface area contributed by atoms with Crippen LogP contribution in [0, 0.1) is 0 Å². The lowest BCUT2D eigenvalue weighted by Gasteiger charge is -1.92. The number of esters is 1. The van der Waals surface area contributed by atoms with E-state index >= 15 is 0 Å². The molecule has 82 valence electrons. The number of hydrogen-bond acceptors (Lipinski definition) is 2. The van der Waals surface area contributed by atoms with Gasteiger partial charge in [0, 0.05) is 19.5 Å². The Morgan fingerprint density at radius 1 is 1.20 bits per heavy atom. The van der Waals surface area contributed by atoms with Gasteiger partial charge in [0.2, 0.25) is 0 Å². The predicted octanol–water partition coefficient (Wildman–Crippen LogP) is 4.32. The van der Waals surface area contributed by atoms with E-state index < -0.39 is 5.97 Å². The van der Waals surface area contributed by atoms with Crippen LogP contribution in [0.2, 0.25) is 0 Å². The Morgan fingerprint density at radius 2 is 1.53 bits per heavy atom. The molecule has 0 saturated heterocycles. The maximum absolute atomic E-state index is 9.84. The Labute approximate surface area is 114 Å². The van der Waals surface area contributed by atoms with E-state index in [2.05, 4.69) is 59.1 Å². The normalized spacial score (nSPS) is 8.53. The van der Waals surface area contributed by atoms with Crippen molar-refractivity contribution in [3.63, 3.8) is 0 Å². The summed E-state index contributed by atoms with van der Waals surface area (Å²) in [5, 5.41) is 0. The van der Waals surface area contributed by atoms with Crippen LogP contribution in [0.5, 0.6) is 0 Å². The minimum atomic E-state index is -0.394. The van der Waals surface area contributed by atoms with Crippen molar-refractivity contribution >= 4 is 53.8 Å². The largest absolute Gasteiger partial charge is 0.466 e. The SMILES string of the molecule is Brc1cc(Br)cc(Br)c1.C=CC(=O)OC. The quantitative estimate of drug-likeness (QED) is 0.518. The minimum absolute atomic E-state index is 0.394. The Hall–Kier alpha value is -0.130. The second kappa shape index (κ2) is 8.07. The Kier molecular flexibility index (Phi) is 8.00. The van der Waals surface area contributed by atoms with Gasteiger partial charge in [-0.25, -0.2) is 4.79 Å². The van der Waals surface area contributed by atoms with Crippen molar-refractivity contribution in [1.29, 1.82) is 0 Å². The fraction of sp³-hybridized carbons (Fsp3) is 0.100. The van der Waals surface area contributed by atoms with E-state index in [-0.39, 0.29) is 0 Å². The fourth-order valence-corrected chi connectivity index (χ4v) is 3.00. The zero-order chi connectivity index (χ0) is 11.8. The highest BCUT2D eigenvalue weighted by Crippen LogP contribution is 2.23. The van der Waals surface area contributed by atoms with Gasteiger partial charge in [-0.15, -0.1) is 0 Å². The number of carbonyl (C=O) groups is 1. The molecule has 0 aliphatic rings. The van der Waals surface area contributed by atoms with Crippen LogP contribution in [-0.2, 0) is 9.53 Å². The first-order valence-electron chi connectivity index (χ1n) is 3.81. The molecule has 0 saturated carbocycles. The summed E-state index contributed by atoms with van der Waals surface area (Å²) in [5.74, 6) is -0.394. The smallest absolute Gasteiger partial charge is 0.329 e. The number of halogens is 3. The van der Waals surface area contributed by atoms with Crippen molar-refractivity contribution < 1.29 is 9.53 Å². The van der Waals surface area contributed by atoms with Crippen LogP contribution in [0.1, 0.15) is 0 Å². The third kappa shape index (κ3) is 7.76. The molecule has 1 aromatic rings. The minimum Gasteiger partial charge on any atom is -0.466 e. The number of ether oxygens (including phenoxy) is 1. The van der Waals surface area contributed by atoms with Gasteiger partial charge in [-0.2, -0.15) is 0 Å². The van der Waals surface area contributed by atoms with E-state index in [1.165, 1.54) is 7.11 Å². The summed E-state index contributed by atoms with van der Waals surface area (Å²) >= 11 is 10.1. The van der Waals surface area contributed by atoms with Crippen LogP contribution >= 0.6 is 47.8 Å². The maximum atomic E-state index is 9.84. The van der Waals surface area contributed by atoms with E-state index in [4.69, 9.17) is 0 Å². The highest BCUT2D eigenvalue weighted by molar-refractivity contribution is 9.11. The number of benzene rings is 1. The summed E-state index contributed by atoms with van der Waals surface area (Å²) in [7, 11) is 1.31. The third-order valence-electron chi connectivity index (χ3n) is 1.20. The topological polar surface area (TPSA) is 26.3 Å². The second-order valence-electron chi connectivity index (χ2n) is 2.31. The van der Waals surface area contributed by atoms with Crippen LogP contribution in [0.4, 0.5) is 0 Å². The number of carbonyl (C=O) groups excluding carboxylic acids is 1. The molecule has 0 aliphatic carbocycles. The van der Waals surface area contributed by atoms with Gasteiger partial charge >= 0.3 is 5.97 Å². The molecule has 0 unspecified atom stereocenters. The zero-order valence-electron chi connectivity index (χ0n) is 7.97. The highest BCUT2D eigenvalue weighted by Gasteiger charge is 1.91. The van der Waals surface area contributed by atoms with Crippen LogP contribution in [0.15, 0.2) is 44.3 Å². The molecule has 15 heavy (non-hydrogen) atoms. The molecule has 0 radical (unpaired) electrons. The van der Waals surface area contributed by atoms with Crippen molar-refractivity contribution in [3.05, 3.63) is 44.3 Å². The molecule has 0 bridgehead atoms. The first-order chi connectivity index (χ1) is 6.99. The fourth-order valence-electron chi connectivity index (χ4n) is 0.604. The molecular weight excluding hydrogens is 392 g/mol. The van der Waals surface area contributed by atoms with Gasteiger partial charge in [0.25, 0.3) is 0 Å². The summed E-state index contributed by atoms with van der Waals surface area (Å²) in [4.78, 5) is 9.84. The van der Waals surface area contributed by atoms with Crippen LogP contribution in [0.3, 0.4) is 0 Å². The highest BCUT2D eigenvalue weighted by atomic mass is 79.9. The lowest BCUT2D eigenvalue weighted by Crippen LogP contribution is -1.91. The van der Waals surface area contributed by atoms with Gasteiger partial charge in [-0.3, -0.25) is 0 Å². The van der Waals surface area contributed by atoms with Gasteiger partial charge < -0.3 is 4.74 Å². The molecule has 0 spiro atoms. The Bertz CT molecular complexity index is 300. The molecule has 1 aromatic carbocycles. The van der Waals surface area contributed by atoms with Crippen LogP contribution < -0.4 is 0 Å². The molecule has 2 nitrogen and oxygen atoms in total. The third-order valence-corrected chi connectivity index (χ3v) is 2.57. The van der Waals surface area contributed by atoms with Crippen LogP contribution in [0.25, 0.3) is 0 Å². The number of rotatable bonds is 1. The summed E-state index contributed by atoms with van der Waals surface area (Å²) < 4.78 is 7.36. The van der Waals surface area contributed by atoms with E-state index in [1.807, 2.05) is 18.2 Å².